The zero-order valence-corrected chi connectivity index (χ0v) is 18.2. The number of nitrogens with one attached hydrogen (secondary N) is 2. The standard InChI is InChI=1S/C22H25N5O5/c1-4-5-6-18(28)26-17-11-16-20(25-14-7-9-15(31-2)10-8-14)23-13-24-21(16)27(22(17)30)12-19(29)32-3/h7-11,13H,4-6,12H2,1-3H3,(H,26,28)(H,23,24,25). The molecule has 0 bridgehead atoms. The SMILES string of the molecule is CCCCC(=O)Nc1cc2c(Nc3ccc(OC)cc3)ncnc2n(CC(=O)OC)c1=O. The summed E-state index contributed by atoms with van der Waals surface area (Å²) in [7, 11) is 2.81. The lowest BCUT2D eigenvalue weighted by atomic mass is 10.2. The minimum Gasteiger partial charge on any atom is -0.497 e. The highest BCUT2D eigenvalue weighted by atomic mass is 16.5. The molecule has 0 saturated carbocycles. The molecule has 1 amide bonds. The molecule has 0 fully saturated rings. The summed E-state index contributed by atoms with van der Waals surface area (Å²) in [5.41, 5.74) is 0.444. The van der Waals surface area contributed by atoms with Crippen LogP contribution in [0.3, 0.4) is 0 Å². The molecule has 2 heterocycles. The number of rotatable bonds is 9. The first kappa shape index (κ1) is 22.7. The molecule has 0 unspecified atom stereocenters. The van der Waals surface area contributed by atoms with E-state index in [1.54, 1.807) is 19.2 Å². The van der Waals surface area contributed by atoms with Gasteiger partial charge in [0.1, 0.15) is 35.8 Å². The fourth-order valence-electron chi connectivity index (χ4n) is 3.07. The van der Waals surface area contributed by atoms with Crippen molar-refractivity contribution in [3.8, 4) is 5.75 Å². The van der Waals surface area contributed by atoms with Gasteiger partial charge < -0.3 is 20.1 Å². The summed E-state index contributed by atoms with van der Waals surface area (Å²) >= 11 is 0. The lowest BCUT2D eigenvalue weighted by Gasteiger charge is -2.15. The molecular weight excluding hydrogens is 414 g/mol. The molecule has 168 valence electrons. The van der Waals surface area contributed by atoms with Crippen molar-refractivity contribution in [2.75, 3.05) is 24.9 Å². The second-order valence-electron chi connectivity index (χ2n) is 6.99. The van der Waals surface area contributed by atoms with E-state index in [0.717, 1.165) is 16.7 Å². The molecule has 0 aliphatic rings. The molecule has 10 heteroatoms. The van der Waals surface area contributed by atoms with Gasteiger partial charge >= 0.3 is 5.97 Å². The number of unbranched alkanes of at least 4 members (excludes halogenated alkanes) is 1. The van der Waals surface area contributed by atoms with E-state index < -0.39 is 11.5 Å². The predicted octanol–water partition coefficient (Wildman–Crippen LogP) is 2.85. The maximum atomic E-state index is 13.0. The van der Waals surface area contributed by atoms with Gasteiger partial charge in [0.25, 0.3) is 5.56 Å². The number of benzene rings is 1. The number of anilines is 3. The van der Waals surface area contributed by atoms with E-state index in [1.165, 1.54) is 19.5 Å². The highest BCUT2D eigenvalue weighted by molar-refractivity contribution is 5.96. The molecule has 0 aliphatic carbocycles. The van der Waals surface area contributed by atoms with Crippen molar-refractivity contribution in [1.29, 1.82) is 0 Å². The largest absolute Gasteiger partial charge is 0.497 e. The van der Waals surface area contributed by atoms with Crippen molar-refractivity contribution < 1.29 is 19.1 Å². The van der Waals surface area contributed by atoms with E-state index >= 15 is 0 Å². The van der Waals surface area contributed by atoms with Gasteiger partial charge in [-0.1, -0.05) is 13.3 Å². The second kappa shape index (κ2) is 10.4. The van der Waals surface area contributed by atoms with Crippen LogP contribution in [0.25, 0.3) is 11.0 Å². The van der Waals surface area contributed by atoms with Gasteiger partial charge in [0, 0.05) is 12.1 Å². The summed E-state index contributed by atoms with van der Waals surface area (Å²) in [5.74, 6) is 0.204. The monoisotopic (exact) mass is 439 g/mol. The Labute approximate surface area is 184 Å². The van der Waals surface area contributed by atoms with Crippen molar-refractivity contribution in [2.45, 2.75) is 32.7 Å². The number of ether oxygens (including phenoxy) is 2. The lowest BCUT2D eigenvalue weighted by Crippen LogP contribution is -2.29. The van der Waals surface area contributed by atoms with Gasteiger partial charge in [-0.25, -0.2) is 9.97 Å². The molecule has 32 heavy (non-hydrogen) atoms. The highest BCUT2D eigenvalue weighted by Crippen LogP contribution is 2.25. The quantitative estimate of drug-likeness (QED) is 0.488. The van der Waals surface area contributed by atoms with Gasteiger partial charge in [0.2, 0.25) is 5.91 Å². The van der Waals surface area contributed by atoms with Crippen LogP contribution in [0.2, 0.25) is 0 Å². The van der Waals surface area contributed by atoms with Gasteiger partial charge in [0.05, 0.1) is 19.6 Å². The van der Waals surface area contributed by atoms with Crippen LogP contribution in [0.1, 0.15) is 26.2 Å². The van der Waals surface area contributed by atoms with Gasteiger partial charge in [-0.15, -0.1) is 0 Å². The van der Waals surface area contributed by atoms with Crippen molar-refractivity contribution in [3.05, 3.63) is 47.0 Å². The first-order chi connectivity index (χ1) is 15.5. The summed E-state index contributed by atoms with van der Waals surface area (Å²) in [6, 6.07) is 8.72. The summed E-state index contributed by atoms with van der Waals surface area (Å²) < 4.78 is 11.1. The summed E-state index contributed by atoms with van der Waals surface area (Å²) in [4.78, 5) is 45.7. The zero-order valence-electron chi connectivity index (χ0n) is 18.2. The predicted molar refractivity (Wildman–Crippen MR) is 120 cm³/mol. The number of esters is 1. The third-order valence-electron chi connectivity index (χ3n) is 4.78. The average molecular weight is 439 g/mol. The minimum atomic E-state index is -0.619. The minimum absolute atomic E-state index is 0.0371. The molecule has 0 spiro atoms. The number of pyridine rings is 1. The van der Waals surface area contributed by atoms with E-state index in [1.807, 2.05) is 19.1 Å². The molecule has 0 radical (unpaired) electrons. The number of aromatic nitrogens is 3. The van der Waals surface area contributed by atoms with Gasteiger partial charge in [0.15, 0.2) is 0 Å². The Balaban J connectivity index is 2.09. The van der Waals surface area contributed by atoms with E-state index in [9.17, 15) is 14.4 Å². The Kier molecular flexibility index (Phi) is 7.37. The number of hydrogen-bond donors (Lipinski definition) is 2. The van der Waals surface area contributed by atoms with E-state index in [-0.39, 0.29) is 30.2 Å². The van der Waals surface area contributed by atoms with Gasteiger partial charge in [-0.05, 0) is 36.8 Å². The Morgan fingerprint density at radius 2 is 1.88 bits per heavy atom. The fraction of sp³-hybridized carbons (Fsp3) is 0.318. The zero-order chi connectivity index (χ0) is 23.1. The van der Waals surface area contributed by atoms with Crippen LogP contribution in [0.4, 0.5) is 17.2 Å². The first-order valence-corrected chi connectivity index (χ1v) is 10.1. The number of methoxy groups -OCH3 is 2. The van der Waals surface area contributed by atoms with E-state index in [4.69, 9.17) is 9.47 Å². The number of fused-ring (bicyclic) bond motifs is 1. The molecule has 2 N–H and O–H groups in total. The molecule has 0 atom stereocenters. The van der Waals surface area contributed by atoms with Crippen LogP contribution in [-0.4, -0.2) is 40.6 Å². The number of carbonyl (C=O) groups is 2. The lowest BCUT2D eigenvalue weighted by molar-refractivity contribution is -0.141. The van der Waals surface area contributed by atoms with Gasteiger partial charge in [-0.3, -0.25) is 19.0 Å². The molecular formula is C22H25N5O5. The van der Waals surface area contributed by atoms with Crippen LogP contribution < -0.4 is 20.9 Å². The van der Waals surface area contributed by atoms with E-state index in [2.05, 4.69) is 20.6 Å². The maximum Gasteiger partial charge on any atom is 0.325 e. The molecule has 0 aliphatic heterocycles. The smallest absolute Gasteiger partial charge is 0.325 e. The molecule has 2 aromatic heterocycles. The van der Waals surface area contributed by atoms with Crippen LogP contribution in [0, 0.1) is 0 Å². The van der Waals surface area contributed by atoms with Crippen molar-refractivity contribution in [3.63, 3.8) is 0 Å². The van der Waals surface area contributed by atoms with Crippen molar-refractivity contribution in [1.82, 2.24) is 14.5 Å². The average Bonchev–Trinajstić information content (AvgIpc) is 2.81. The molecule has 10 nitrogen and oxygen atoms in total. The molecule has 0 saturated heterocycles. The first-order valence-electron chi connectivity index (χ1n) is 10.1. The Bertz CT molecular complexity index is 1170. The van der Waals surface area contributed by atoms with Gasteiger partial charge in [-0.2, -0.15) is 0 Å². The normalized spacial score (nSPS) is 10.6. The van der Waals surface area contributed by atoms with Crippen LogP contribution in [0.5, 0.6) is 5.75 Å². The molecule has 3 rings (SSSR count). The molecule has 3 aromatic rings. The van der Waals surface area contributed by atoms with Crippen LogP contribution in [-0.2, 0) is 20.9 Å². The molecule has 1 aromatic carbocycles. The second-order valence-corrected chi connectivity index (χ2v) is 6.99. The van der Waals surface area contributed by atoms with Crippen LogP contribution in [0.15, 0.2) is 41.5 Å². The third kappa shape index (κ3) is 5.20. The number of hydrogen-bond acceptors (Lipinski definition) is 8. The van der Waals surface area contributed by atoms with E-state index in [0.29, 0.717) is 23.4 Å². The maximum absolute atomic E-state index is 13.0. The number of carbonyl (C=O) groups excluding carboxylic acids is 2. The summed E-state index contributed by atoms with van der Waals surface area (Å²) in [6.07, 6.45) is 3.12. The number of amides is 1. The topological polar surface area (TPSA) is 124 Å². The Morgan fingerprint density at radius 1 is 1.12 bits per heavy atom. The highest BCUT2D eigenvalue weighted by Gasteiger charge is 2.18. The Hall–Kier alpha value is -3.95. The summed E-state index contributed by atoms with van der Waals surface area (Å²) in [5, 5.41) is 6.28. The van der Waals surface area contributed by atoms with Crippen molar-refractivity contribution >= 4 is 40.1 Å². The summed E-state index contributed by atoms with van der Waals surface area (Å²) in [6.45, 7) is 1.62. The third-order valence-corrected chi connectivity index (χ3v) is 4.78. The Morgan fingerprint density at radius 3 is 2.53 bits per heavy atom. The number of nitrogens with zero attached hydrogens (tertiary/aromatic N) is 3. The fourth-order valence-corrected chi connectivity index (χ4v) is 3.07. The van der Waals surface area contributed by atoms with Crippen molar-refractivity contribution in [2.24, 2.45) is 0 Å². The van der Waals surface area contributed by atoms with Crippen LogP contribution >= 0.6 is 0 Å².